The summed E-state index contributed by atoms with van der Waals surface area (Å²) in [6.07, 6.45) is -0.420. The van der Waals surface area contributed by atoms with Crippen LogP contribution in [0.5, 0.6) is 0 Å². The smallest absolute Gasteiger partial charge is 0.408 e. The monoisotopic (exact) mass is 260 g/mol. The first-order chi connectivity index (χ1) is 7.97. The molecule has 0 saturated carbocycles. The Bertz CT molecular complexity index is 308. The molecule has 0 spiro atoms. The number of hydrogen-bond donors (Lipinski definition) is 1. The number of hydroxylamine groups is 2. The summed E-state index contributed by atoms with van der Waals surface area (Å²) in [5, 5.41) is 3.78. The van der Waals surface area contributed by atoms with Crippen LogP contribution in [0, 0.1) is 0 Å². The molecule has 0 atom stereocenters. The van der Waals surface area contributed by atoms with Crippen molar-refractivity contribution in [2.24, 2.45) is 0 Å². The van der Waals surface area contributed by atoms with Crippen LogP contribution < -0.4 is 5.32 Å². The highest BCUT2D eigenvalue weighted by molar-refractivity contribution is 5.77. The van der Waals surface area contributed by atoms with Crippen LogP contribution in [0.15, 0.2) is 0 Å². The van der Waals surface area contributed by atoms with E-state index in [9.17, 15) is 9.59 Å². The second-order valence-corrected chi connectivity index (χ2v) is 5.76. The molecule has 0 rings (SSSR count). The lowest BCUT2D eigenvalue weighted by atomic mass is 10.0. The molecule has 0 aliphatic heterocycles. The number of nitrogens with zero attached hydrogens (tertiary/aromatic N) is 1. The Morgan fingerprint density at radius 2 is 1.67 bits per heavy atom. The average molecular weight is 260 g/mol. The number of rotatable bonds is 4. The van der Waals surface area contributed by atoms with E-state index in [0.29, 0.717) is 0 Å². The minimum Gasteiger partial charge on any atom is -0.444 e. The first-order valence-corrected chi connectivity index (χ1v) is 5.79. The molecule has 106 valence electrons. The largest absolute Gasteiger partial charge is 0.444 e. The predicted octanol–water partition coefficient (Wildman–Crippen LogP) is 1.70. The van der Waals surface area contributed by atoms with Gasteiger partial charge in [-0.3, -0.25) is 9.63 Å². The summed E-state index contributed by atoms with van der Waals surface area (Å²) in [5.41, 5.74) is -1.26. The molecule has 0 saturated heterocycles. The number of carbonyl (C=O) groups is 2. The van der Waals surface area contributed by atoms with E-state index in [0.717, 1.165) is 5.06 Å². The number of ether oxygens (including phenoxy) is 1. The standard InChI is InChI=1S/C12H24N2O4/c1-11(2,3)18-10(16)13-12(4,5)8-9(15)14(6)17-7/h8H2,1-7H3,(H,13,16). The lowest BCUT2D eigenvalue weighted by Crippen LogP contribution is -2.48. The summed E-state index contributed by atoms with van der Waals surface area (Å²) < 4.78 is 5.14. The van der Waals surface area contributed by atoms with Crippen molar-refractivity contribution in [1.82, 2.24) is 10.4 Å². The van der Waals surface area contributed by atoms with E-state index in [2.05, 4.69) is 5.32 Å². The van der Waals surface area contributed by atoms with Crippen LogP contribution in [0.2, 0.25) is 0 Å². The Labute approximate surface area is 109 Å². The Kier molecular flexibility index (Phi) is 5.60. The summed E-state index contributed by atoms with van der Waals surface area (Å²) in [7, 11) is 2.93. The van der Waals surface area contributed by atoms with Gasteiger partial charge in [0.15, 0.2) is 0 Å². The molecule has 0 aromatic heterocycles. The van der Waals surface area contributed by atoms with Crippen molar-refractivity contribution in [3.63, 3.8) is 0 Å². The molecule has 0 aliphatic rings. The maximum atomic E-state index is 11.7. The van der Waals surface area contributed by atoms with E-state index in [1.807, 2.05) is 0 Å². The molecule has 2 amide bonds. The van der Waals surface area contributed by atoms with Gasteiger partial charge in [0.1, 0.15) is 5.60 Å². The SMILES string of the molecule is CON(C)C(=O)CC(C)(C)NC(=O)OC(C)(C)C. The van der Waals surface area contributed by atoms with Crippen LogP contribution in [-0.2, 0) is 14.4 Å². The van der Waals surface area contributed by atoms with Gasteiger partial charge in [-0.2, -0.15) is 0 Å². The molecule has 1 N–H and O–H groups in total. The maximum absolute atomic E-state index is 11.7. The molecule has 0 bridgehead atoms. The normalized spacial score (nSPS) is 11.9. The second-order valence-electron chi connectivity index (χ2n) is 5.76. The average Bonchev–Trinajstić information content (AvgIpc) is 2.10. The zero-order valence-electron chi connectivity index (χ0n) is 12.3. The van der Waals surface area contributed by atoms with E-state index >= 15 is 0 Å². The first-order valence-electron chi connectivity index (χ1n) is 5.79. The van der Waals surface area contributed by atoms with Gasteiger partial charge >= 0.3 is 6.09 Å². The van der Waals surface area contributed by atoms with Crippen molar-refractivity contribution in [3.05, 3.63) is 0 Å². The van der Waals surface area contributed by atoms with Crippen molar-refractivity contribution in [2.75, 3.05) is 14.2 Å². The molecule has 18 heavy (non-hydrogen) atoms. The van der Waals surface area contributed by atoms with E-state index < -0.39 is 17.2 Å². The number of nitrogens with one attached hydrogen (secondary N) is 1. The number of alkyl carbamates (subject to hydrolysis) is 1. The molecule has 0 aromatic rings. The van der Waals surface area contributed by atoms with Gasteiger partial charge in [0.25, 0.3) is 0 Å². The molecule has 6 heteroatoms. The van der Waals surface area contributed by atoms with Crippen molar-refractivity contribution >= 4 is 12.0 Å². The van der Waals surface area contributed by atoms with E-state index in [1.54, 1.807) is 34.6 Å². The van der Waals surface area contributed by atoms with Crippen LogP contribution in [-0.4, -0.2) is 42.4 Å². The van der Waals surface area contributed by atoms with E-state index in [4.69, 9.17) is 9.57 Å². The van der Waals surface area contributed by atoms with Gasteiger partial charge in [-0.1, -0.05) is 0 Å². The van der Waals surface area contributed by atoms with Gasteiger partial charge in [-0.25, -0.2) is 9.86 Å². The van der Waals surface area contributed by atoms with Crippen LogP contribution in [0.25, 0.3) is 0 Å². The lowest BCUT2D eigenvalue weighted by Gasteiger charge is -2.29. The molecule has 0 radical (unpaired) electrons. The van der Waals surface area contributed by atoms with Crippen LogP contribution >= 0.6 is 0 Å². The topological polar surface area (TPSA) is 67.9 Å². The summed E-state index contributed by atoms with van der Waals surface area (Å²) in [4.78, 5) is 28.1. The molecule has 0 heterocycles. The third-order valence-electron chi connectivity index (χ3n) is 2.06. The fourth-order valence-corrected chi connectivity index (χ4v) is 1.22. The third-order valence-corrected chi connectivity index (χ3v) is 2.06. The van der Waals surface area contributed by atoms with Crippen molar-refractivity contribution < 1.29 is 19.2 Å². The van der Waals surface area contributed by atoms with Gasteiger partial charge < -0.3 is 10.1 Å². The Morgan fingerprint density at radius 3 is 2.06 bits per heavy atom. The summed E-state index contributed by atoms with van der Waals surface area (Å²) >= 11 is 0. The highest BCUT2D eigenvalue weighted by Crippen LogP contribution is 2.13. The van der Waals surface area contributed by atoms with Gasteiger partial charge in [0, 0.05) is 12.6 Å². The molecule has 0 aliphatic carbocycles. The van der Waals surface area contributed by atoms with Crippen molar-refractivity contribution in [1.29, 1.82) is 0 Å². The quantitative estimate of drug-likeness (QED) is 0.781. The van der Waals surface area contributed by atoms with Gasteiger partial charge in [-0.15, -0.1) is 0 Å². The second kappa shape index (κ2) is 6.04. The van der Waals surface area contributed by atoms with E-state index in [-0.39, 0.29) is 12.3 Å². The lowest BCUT2D eigenvalue weighted by molar-refractivity contribution is -0.169. The molecule has 0 unspecified atom stereocenters. The fraction of sp³-hybridized carbons (Fsp3) is 0.833. The number of carbonyl (C=O) groups excluding carboxylic acids is 2. The molecule has 0 aromatic carbocycles. The van der Waals surface area contributed by atoms with Gasteiger partial charge in [-0.05, 0) is 34.6 Å². The highest BCUT2D eigenvalue weighted by atomic mass is 16.7. The molecule has 6 nitrogen and oxygen atoms in total. The Morgan fingerprint density at radius 1 is 1.17 bits per heavy atom. The highest BCUT2D eigenvalue weighted by Gasteiger charge is 2.28. The Hall–Kier alpha value is -1.30. The first kappa shape index (κ1) is 16.7. The Balaban J connectivity index is 4.39. The summed E-state index contributed by atoms with van der Waals surface area (Å²) in [5.74, 6) is -0.224. The number of amides is 2. The fourth-order valence-electron chi connectivity index (χ4n) is 1.22. The molecular formula is C12H24N2O4. The summed E-state index contributed by atoms with van der Waals surface area (Å²) in [6, 6.07) is 0. The van der Waals surface area contributed by atoms with Crippen molar-refractivity contribution in [2.45, 2.75) is 52.2 Å². The maximum Gasteiger partial charge on any atom is 0.408 e. The van der Waals surface area contributed by atoms with Crippen LogP contribution in [0.4, 0.5) is 4.79 Å². The van der Waals surface area contributed by atoms with Crippen LogP contribution in [0.3, 0.4) is 0 Å². The number of hydrogen-bond acceptors (Lipinski definition) is 4. The third kappa shape index (κ3) is 7.11. The zero-order chi connectivity index (χ0) is 14.6. The van der Waals surface area contributed by atoms with Crippen molar-refractivity contribution in [3.8, 4) is 0 Å². The minimum atomic E-state index is -0.702. The van der Waals surface area contributed by atoms with Crippen LogP contribution in [0.1, 0.15) is 41.0 Å². The summed E-state index contributed by atoms with van der Waals surface area (Å²) in [6.45, 7) is 8.84. The molecule has 0 fully saturated rings. The predicted molar refractivity (Wildman–Crippen MR) is 67.8 cm³/mol. The van der Waals surface area contributed by atoms with Gasteiger partial charge in [0.2, 0.25) is 5.91 Å². The minimum absolute atomic E-state index is 0.122. The molecular weight excluding hydrogens is 236 g/mol. The zero-order valence-corrected chi connectivity index (χ0v) is 12.3. The van der Waals surface area contributed by atoms with Gasteiger partial charge in [0.05, 0.1) is 13.5 Å². The van der Waals surface area contributed by atoms with E-state index in [1.165, 1.54) is 14.2 Å².